The third kappa shape index (κ3) is 4.76. The van der Waals surface area contributed by atoms with Crippen molar-refractivity contribution in [2.24, 2.45) is 0 Å². The van der Waals surface area contributed by atoms with Crippen molar-refractivity contribution < 1.29 is 4.79 Å². The number of amides is 1. The van der Waals surface area contributed by atoms with Crippen LogP contribution in [0.3, 0.4) is 0 Å². The predicted octanol–water partition coefficient (Wildman–Crippen LogP) is 4.14. The number of rotatable bonds is 5. The van der Waals surface area contributed by atoms with Crippen molar-refractivity contribution >= 4 is 39.1 Å². The van der Waals surface area contributed by atoms with E-state index in [1.165, 1.54) is 0 Å². The normalized spacial score (nSPS) is 10.2. The number of halogens is 2. The molecule has 0 unspecified atom stereocenters. The molecule has 2 aromatic rings. The van der Waals surface area contributed by atoms with Crippen LogP contribution in [0.25, 0.3) is 0 Å². The van der Waals surface area contributed by atoms with Gasteiger partial charge in [-0.1, -0.05) is 35.9 Å². The zero-order chi connectivity index (χ0) is 15.2. The van der Waals surface area contributed by atoms with Crippen LogP contribution >= 0.6 is 27.5 Å². The Balaban J connectivity index is 1.84. The molecule has 3 nitrogen and oxygen atoms in total. The number of carbonyl (C=O) groups is 1. The Kier molecular flexibility index (Phi) is 5.65. The Bertz CT molecular complexity index is 646. The minimum atomic E-state index is -0.0811. The van der Waals surface area contributed by atoms with E-state index in [4.69, 9.17) is 11.6 Å². The highest BCUT2D eigenvalue weighted by atomic mass is 79.9. The maximum atomic E-state index is 11.8. The van der Waals surface area contributed by atoms with E-state index in [2.05, 4.69) is 26.6 Å². The van der Waals surface area contributed by atoms with Crippen molar-refractivity contribution in [3.8, 4) is 0 Å². The van der Waals surface area contributed by atoms with Gasteiger partial charge in [-0.05, 0) is 52.2 Å². The van der Waals surface area contributed by atoms with E-state index in [0.717, 1.165) is 21.3 Å². The number of benzene rings is 2. The summed E-state index contributed by atoms with van der Waals surface area (Å²) >= 11 is 9.51. The predicted molar refractivity (Wildman–Crippen MR) is 90.7 cm³/mol. The van der Waals surface area contributed by atoms with Crippen LogP contribution < -0.4 is 10.6 Å². The smallest absolute Gasteiger partial charge is 0.239 e. The molecule has 2 rings (SSSR count). The van der Waals surface area contributed by atoms with Gasteiger partial charge in [0.25, 0.3) is 0 Å². The number of aryl methyl sites for hydroxylation is 1. The van der Waals surface area contributed by atoms with Crippen LogP contribution in [0.5, 0.6) is 0 Å². The molecule has 0 aliphatic heterocycles. The topological polar surface area (TPSA) is 41.1 Å². The van der Waals surface area contributed by atoms with Crippen LogP contribution in [-0.2, 0) is 11.3 Å². The Labute approximate surface area is 137 Å². The molecule has 2 aromatic carbocycles. The van der Waals surface area contributed by atoms with Crippen molar-refractivity contribution in [1.29, 1.82) is 0 Å². The summed E-state index contributed by atoms with van der Waals surface area (Å²) < 4.78 is 0.946. The molecule has 0 aliphatic rings. The third-order valence-electron chi connectivity index (χ3n) is 3.00. The number of nitrogens with one attached hydrogen (secondary N) is 2. The third-order valence-corrected chi connectivity index (χ3v) is 4.02. The van der Waals surface area contributed by atoms with E-state index in [1.807, 2.05) is 49.4 Å². The van der Waals surface area contributed by atoms with E-state index in [9.17, 15) is 4.79 Å². The first kappa shape index (κ1) is 15.9. The summed E-state index contributed by atoms with van der Waals surface area (Å²) in [5, 5.41) is 6.60. The Morgan fingerprint density at radius 2 is 2.00 bits per heavy atom. The first-order valence-electron chi connectivity index (χ1n) is 6.56. The molecule has 21 heavy (non-hydrogen) atoms. The highest BCUT2D eigenvalue weighted by molar-refractivity contribution is 9.10. The summed E-state index contributed by atoms with van der Waals surface area (Å²) in [7, 11) is 0. The van der Waals surface area contributed by atoms with Crippen LogP contribution in [0.15, 0.2) is 46.9 Å². The van der Waals surface area contributed by atoms with Gasteiger partial charge in [0.2, 0.25) is 5.91 Å². The first-order chi connectivity index (χ1) is 10.1. The molecule has 110 valence electrons. The van der Waals surface area contributed by atoms with Gasteiger partial charge in [-0.15, -0.1) is 0 Å². The molecule has 0 saturated carbocycles. The molecule has 0 aliphatic carbocycles. The van der Waals surface area contributed by atoms with Gasteiger partial charge in [0.05, 0.1) is 6.54 Å². The van der Waals surface area contributed by atoms with Crippen molar-refractivity contribution in [3.63, 3.8) is 0 Å². The number of carbonyl (C=O) groups excluding carboxylic acids is 1. The molecular weight excluding hydrogens is 352 g/mol. The Hall–Kier alpha value is -1.52. The molecule has 0 saturated heterocycles. The fourth-order valence-electron chi connectivity index (χ4n) is 1.84. The second kappa shape index (κ2) is 7.48. The van der Waals surface area contributed by atoms with Crippen LogP contribution in [0.4, 0.5) is 5.69 Å². The minimum absolute atomic E-state index is 0.0811. The Morgan fingerprint density at radius 1 is 1.24 bits per heavy atom. The van der Waals surface area contributed by atoms with Crippen LogP contribution in [0.2, 0.25) is 5.02 Å². The van der Waals surface area contributed by atoms with E-state index in [-0.39, 0.29) is 12.5 Å². The molecule has 0 heterocycles. The van der Waals surface area contributed by atoms with Crippen molar-refractivity contribution in [3.05, 3.63) is 63.1 Å². The fraction of sp³-hybridized carbons (Fsp3) is 0.188. The van der Waals surface area contributed by atoms with Gasteiger partial charge in [0, 0.05) is 21.7 Å². The lowest BCUT2D eigenvalue weighted by atomic mass is 10.2. The van der Waals surface area contributed by atoms with Gasteiger partial charge in [-0.2, -0.15) is 0 Å². The molecule has 2 N–H and O–H groups in total. The van der Waals surface area contributed by atoms with Gasteiger partial charge in [-0.3, -0.25) is 4.79 Å². The SMILES string of the molecule is Cc1ccc(NCC(=O)NCc2ccccc2Cl)c(Br)c1. The zero-order valence-corrected chi connectivity index (χ0v) is 14.0. The van der Waals surface area contributed by atoms with Gasteiger partial charge < -0.3 is 10.6 Å². The van der Waals surface area contributed by atoms with Gasteiger partial charge in [0.1, 0.15) is 0 Å². The largest absolute Gasteiger partial charge is 0.375 e. The maximum absolute atomic E-state index is 11.8. The number of hydrogen-bond donors (Lipinski definition) is 2. The van der Waals surface area contributed by atoms with E-state index < -0.39 is 0 Å². The molecule has 5 heteroatoms. The molecule has 0 fully saturated rings. The summed E-state index contributed by atoms with van der Waals surface area (Å²) in [5.41, 5.74) is 2.97. The lowest BCUT2D eigenvalue weighted by Crippen LogP contribution is -2.29. The van der Waals surface area contributed by atoms with Crippen LogP contribution in [0, 0.1) is 6.92 Å². The second-order valence-corrected chi connectivity index (χ2v) is 5.97. The molecule has 1 amide bonds. The van der Waals surface area contributed by atoms with Crippen LogP contribution in [-0.4, -0.2) is 12.5 Å². The lowest BCUT2D eigenvalue weighted by Gasteiger charge is -2.10. The maximum Gasteiger partial charge on any atom is 0.239 e. The molecule has 0 spiro atoms. The summed E-state index contributed by atoms with van der Waals surface area (Å²) in [4.78, 5) is 11.8. The highest BCUT2D eigenvalue weighted by Gasteiger charge is 2.05. The van der Waals surface area contributed by atoms with E-state index in [1.54, 1.807) is 0 Å². The summed E-state index contributed by atoms with van der Waals surface area (Å²) in [6, 6.07) is 13.4. The van der Waals surface area contributed by atoms with Crippen molar-refractivity contribution in [1.82, 2.24) is 5.32 Å². The highest BCUT2D eigenvalue weighted by Crippen LogP contribution is 2.23. The average Bonchev–Trinajstić information content (AvgIpc) is 2.45. The van der Waals surface area contributed by atoms with Crippen molar-refractivity contribution in [2.45, 2.75) is 13.5 Å². The van der Waals surface area contributed by atoms with Crippen LogP contribution in [0.1, 0.15) is 11.1 Å². The first-order valence-corrected chi connectivity index (χ1v) is 7.73. The summed E-state index contributed by atoms with van der Waals surface area (Å²) in [6.07, 6.45) is 0. The molecule has 0 atom stereocenters. The van der Waals surface area contributed by atoms with E-state index >= 15 is 0 Å². The van der Waals surface area contributed by atoms with Gasteiger partial charge >= 0.3 is 0 Å². The zero-order valence-electron chi connectivity index (χ0n) is 11.6. The van der Waals surface area contributed by atoms with Crippen molar-refractivity contribution in [2.75, 3.05) is 11.9 Å². The van der Waals surface area contributed by atoms with Gasteiger partial charge in [0.15, 0.2) is 0 Å². The average molecular weight is 368 g/mol. The monoisotopic (exact) mass is 366 g/mol. The summed E-state index contributed by atoms with van der Waals surface area (Å²) in [6.45, 7) is 2.66. The van der Waals surface area contributed by atoms with E-state index in [0.29, 0.717) is 11.6 Å². The fourth-order valence-corrected chi connectivity index (χ4v) is 2.67. The Morgan fingerprint density at radius 3 is 2.71 bits per heavy atom. The molecule has 0 aromatic heterocycles. The standard InChI is InChI=1S/C16H16BrClN2O/c1-11-6-7-15(13(17)8-11)19-10-16(21)20-9-12-4-2-3-5-14(12)18/h2-8,19H,9-10H2,1H3,(H,20,21). The molecule has 0 bridgehead atoms. The summed E-state index contributed by atoms with van der Waals surface area (Å²) in [5.74, 6) is -0.0811. The lowest BCUT2D eigenvalue weighted by molar-refractivity contribution is -0.119. The minimum Gasteiger partial charge on any atom is -0.375 e. The number of hydrogen-bond acceptors (Lipinski definition) is 2. The second-order valence-electron chi connectivity index (χ2n) is 4.70. The quantitative estimate of drug-likeness (QED) is 0.834. The van der Waals surface area contributed by atoms with Gasteiger partial charge in [-0.25, -0.2) is 0 Å². The number of anilines is 1. The molecular formula is C16H16BrClN2O. The molecule has 0 radical (unpaired) electrons.